The average molecular weight is 948 g/mol. The lowest BCUT2D eigenvalue weighted by Crippen LogP contribution is -2.66. The second-order valence-electron chi connectivity index (χ2n) is 18.2. The first-order chi connectivity index (χ1) is 30.7. The molecule has 9 atom stereocenters. The molecule has 64 heavy (non-hydrogen) atoms. The first-order valence-electron chi connectivity index (χ1n) is 25.2. The minimum Gasteiger partial charge on any atom is -0.458 e. The van der Waals surface area contributed by atoms with Crippen molar-refractivity contribution in [3.05, 3.63) is 71.9 Å². The van der Waals surface area contributed by atoms with Gasteiger partial charge in [0.2, 0.25) is 0 Å². The van der Waals surface area contributed by atoms with Crippen LogP contribution in [0.3, 0.4) is 0 Å². The zero-order valence-electron chi connectivity index (χ0n) is 43.3. The van der Waals surface area contributed by atoms with Crippen molar-refractivity contribution in [2.75, 3.05) is 20.8 Å². The largest absolute Gasteiger partial charge is 0.458 e. The quantitative estimate of drug-likeness (QED) is 0.0564. The van der Waals surface area contributed by atoms with E-state index >= 15 is 0 Å². The van der Waals surface area contributed by atoms with Crippen molar-refractivity contribution in [3.63, 3.8) is 0 Å². The smallest absolute Gasteiger partial charge is 0.309 e. The molecule has 0 bridgehead atoms. The van der Waals surface area contributed by atoms with Crippen LogP contribution >= 0.6 is 0 Å². The Morgan fingerprint density at radius 1 is 0.750 bits per heavy atom. The summed E-state index contributed by atoms with van der Waals surface area (Å²) in [6.45, 7) is 29.1. The Kier molecular flexibility index (Phi) is 27.9. The molecule has 12 heteroatoms. The van der Waals surface area contributed by atoms with Crippen LogP contribution in [-0.4, -0.2) is 101 Å². The normalized spacial score (nSPS) is 30.0. The van der Waals surface area contributed by atoms with Gasteiger partial charge in [-0.05, 0) is 112 Å². The maximum Gasteiger partial charge on any atom is 0.309 e. The van der Waals surface area contributed by atoms with Crippen molar-refractivity contribution < 1.29 is 41.8 Å². The second kappa shape index (κ2) is 30.6. The SMILES string of the molecule is C/C=C/C/C(C)=C/C1C/C=C/C=C/C[C@H](C)/C=C(\C)[C@@H](OC)C/C=C\C(O[C@@H]2O[C@H](CO[Si](CC)(CC)CC)[C@@H](O[Si](CC)(CC)CC)[C@H](OC)[C@H]2O[Si](CC)(CC)CC)CC(=O)O1. The van der Waals surface area contributed by atoms with Gasteiger partial charge in [-0.25, -0.2) is 0 Å². The van der Waals surface area contributed by atoms with Gasteiger partial charge in [0.25, 0.3) is 0 Å². The maximum atomic E-state index is 14.2. The summed E-state index contributed by atoms with van der Waals surface area (Å²) in [6.07, 6.45) is 19.8. The van der Waals surface area contributed by atoms with Gasteiger partial charge >= 0.3 is 5.97 Å². The predicted octanol–water partition coefficient (Wildman–Crippen LogP) is 13.6. The van der Waals surface area contributed by atoms with Crippen LogP contribution in [0, 0.1) is 5.92 Å². The molecule has 1 fully saturated rings. The Morgan fingerprint density at radius 3 is 1.84 bits per heavy atom. The first kappa shape index (κ1) is 58.4. The van der Waals surface area contributed by atoms with E-state index in [9.17, 15) is 4.79 Å². The second-order valence-corrected chi connectivity index (χ2v) is 32.5. The molecule has 2 heterocycles. The third-order valence-corrected chi connectivity index (χ3v) is 28.3. The van der Waals surface area contributed by atoms with Crippen LogP contribution in [0.4, 0.5) is 0 Å². The van der Waals surface area contributed by atoms with Crippen LogP contribution in [-0.2, 0) is 41.8 Å². The standard InChI is InChI=1S/C52H94O9Si3/c1-16-26-32-42(12)38-44-34-30-28-27-29-33-41(11)37-43(13)46(54-14)36-31-35-45(39-48(53)57-44)58-52-51(61-64(23-8,24-9)25-10)50(55-15)49(60-63(20-5,21-6)22-7)47(59-52)40-56-62(17-2,18-3)19-4/h16,26-31,35,37-38,41,44-47,49-52H,17-25,32-34,36,39-40H2,1-15H3/b26-16+,29-27+,30-28+,35-31-,42-38+,43-37+/t41-,44?,45?,46-,47+,49+,50-,51+,52+/m0/s1. The minimum absolute atomic E-state index is 0.0137. The van der Waals surface area contributed by atoms with Crippen LogP contribution < -0.4 is 0 Å². The zero-order valence-corrected chi connectivity index (χ0v) is 46.3. The summed E-state index contributed by atoms with van der Waals surface area (Å²) in [4.78, 5) is 14.2. The number of ether oxygens (including phenoxy) is 5. The van der Waals surface area contributed by atoms with Crippen molar-refractivity contribution in [2.45, 2.75) is 226 Å². The van der Waals surface area contributed by atoms with E-state index in [4.69, 9.17) is 37.0 Å². The number of rotatable bonds is 23. The van der Waals surface area contributed by atoms with E-state index in [1.807, 2.05) is 25.2 Å². The zero-order chi connectivity index (χ0) is 47.8. The monoisotopic (exact) mass is 947 g/mol. The fraction of sp³-hybridized carbons (Fsp3) is 0.750. The number of hydrogen-bond acceptors (Lipinski definition) is 9. The van der Waals surface area contributed by atoms with Crippen molar-refractivity contribution >= 4 is 30.9 Å². The topological polar surface area (TPSA) is 90.9 Å². The summed E-state index contributed by atoms with van der Waals surface area (Å²) in [6, 6.07) is 8.87. The predicted molar refractivity (Wildman–Crippen MR) is 274 cm³/mol. The van der Waals surface area contributed by atoms with E-state index in [1.165, 1.54) is 5.57 Å². The third kappa shape index (κ3) is 18.1. The van der Waals surface area contributed by atoms with Gasteiger partial charge in [0, 0.05) is 20.6 Å². The lowest BCUT2D eigenvalue weighted by Gasteiger charge is -2.51. The molecule has 0 N–H and O–H groups in total. The van der Waals surface area contributed by atoms with E-state index in [-0.39, 0.29) is 18.5 Å². The molecule has 0 aliphatic carbocycles. The highest BCUT2D eigenvalue weighted by molar-refractivity contribution is 6.74. The fourth-order valence-electron chi connectivity index (χ4n) is 9.21. The van der Waals surface area contributed by atoms with E-state index in [1.54, 1.807) is 14.2 Å². The Labute approximate surface area is 395 Å². The highest BCUT2D eigenvalue weighted by Gasteiger charge is 2.53. The highest BCUT2D eigenvalue weighted by Crippen LogP contribution is 2.38. The molecule has 368 valence electrons. The van der Waals surface area contributed by atoms with Gasteiger partial charge in [-0.15, -0.1) is 0 Å². The van der Waals surface area contributed by atoms with Crippen LogP contribution in [0.15, 0.2) is 71.9 Å². The molecule has 0 radical (unpaired) electrons. The Morgan fingerprint density at radius 2 is 1.31 bits per heavy atom. The summed E-state index contributed by atoms with van der Waals surface area (Å²) >= 11 is 0. The molecule has 0 aromatic heterocycles. The number of methoxy groups -OCH3 is 2. The van der Waals surface area contributed by atoms with Gasteiger partial charge < -0.3 is 37.0 Å². The van der Waals surface area contributed by atoms with Gasteiger partial charge in [-0.3, -0.25) is 4.79 Å². The number of cyclic esters (lactones) is 1. The third-order valence-electron chi connectivity index (χ3n) is 14.4. The number of carbonyl (C=O) groups is 1. The minimum atomic E-state index is -2.28. The molecule has 0 amide bonds. The molecule has 0 spiro atoms. The molecule has 0 saturated carbocycles. The van der Waals surface area contributed by atoms with E-state index in [2.05, 4.69) is 126 Å². The van der Waals surface area contributed by atoms with E-state index in [0.29, 0.717) is 25.4 Å². The molecule has 0 aromatic carbocycles. The van der Waals surface area contributed by atoms with Crippen LogP contribution in [0.2, 0.25) is 54.4 Å². The van der Waals surface area contributed by atoms with Crippen molar-refractivity contribution in [3.8, 4) is 0 Å². The van der Waals surface area contributed by atoms with Gasteiger partial charge in [0.05, 0.1) is 25.2 Å². The fourth-order valence-corrected chi connectivity index (χ4v) is 17.5. The van der Waals surface area contributed by atoms with Crippen molar-refractivity contribution in [1.82, 2.24) is 0 Å². The Balaban J connectivity index is 2.83. The van der Waals surface area contributed by atoms with Crippen LogP contribution in [0.25, 0.3) is 0 Å². The summed E-state index contributed by atoms with van der Waals surface area (Å²) in [5, 5.41) is 0. The summed E-state index contributed by atoms with van der Waals surface area (Å²) in [5.41, 5.74) is 2.31. The van der Waals surface area contributed by atoms with Crippen LogP contribution in [0.1, 0.15) is 122 Å². The highest BCUT2D eigenvalue weighted by atomic mass is 28.4. The molecule has 9 nitrogen and oxygen atoms in total. The molecular formula is C52H94O9Si3. The number of hydrogen-bond donors (Lipinski definition) is 0. The average Bonchev–Trinajstić information content (AvgIpc) is 3.30. The Bertz CT molecular complexity index is 1470. The maximum absolute atomic E-state index is 14.2. The molecule has 2 unspecified atom stereocenters. The van der Waals surface area contributed by atoms with Crippen molar-refractivity contribution in [1.29, 1.82) is 0 Å². The lowest BCUT2D eigenvalue weighted by atomic mass is 9.98. The summed E-state index contributed by atoms with van der Waals surface area (Å²) in [7, 11) is -2.97. The number of carbonyl (C=O) groups excluding carboxylic acids is 1. The molecule has 2 rings (SSSR count). The van der Waals surface area contributed by atoms with Crippen molar-refractivity contribution in [2.24, 2.45) is 5.92 Å². The number of esters is 1. The molecule has 2 aliphatic rings. The Hall–Kier alpha value is -1.72. The molecule has 1 saturated heterocycles. The summed E-state index contributed by atoms with van der Waals surface area (Å²) in [5.74, 6) is -0.00470. The van der Waals surface area contributed by atoms with Crippen LogP contribution in [0.5, 0.6) is 0 Å². The summed E-state index contributed by atoms with van der Waals surface area (Å²) < 4.78 is 55.3. The van der Waals surface area contributed by atoms with Gasteiger partial charge in [0.1, 0.15) is 30.5 Å². The van der Waals surface area contributed by atoms with Gasteiger partial charge in [-0.1, -0.05) is 129 Å². The first-order valence-corrected chi connectivity index (χ1v) is 32.8. The van der Waals surface area contributed by atoms with Gasteiger partial charge in [-0.2, -0.15) is 0 Å². The molecule has 0 aromatic rings. The number of allylic oxidation sites excluding steroid dienone is 7. The van der Waals surface area contributed by atoms with E-state index in [0.717, 1.165) is 72.8 Å². The van der Waals surface area contributed by atoms with E-state index < -0.39 is 67.9 Å². The lowest BCUT2D eigenvalue weighted by molar-refractivity contribution is -0.304. The molecular weight excluding hydrogens is 853 g/mol. The van der Waals surface area contributed by atoms with Gasteiger partial charge in [0.15, 0.2) is 31.2 Å². The molecule has 2 aliphatic heterocycles.